The predicted molar refractivity (Wildman–Crippen MR) is 79.7 cm³/mol. The quantitative estimate of drug-likeness (QED) is 0.785. The number of nitrogens with zero attached hydrogens (tertiary/aromatic N) is 4. The third-order valence-electron chi connectivity index (χ3n) is 4.22. The van der Waals surface area contributed by atoms with Crippen LogP contribution in [0.15, 0.2) is 29.3 Å². The molecule has 2 heterocycles. The van der Waals surface area contributed by atoms with Gasteiger partial charge in [0, 0.05) is 0 Å². The molecular weight excluding hydrogens is 266 g/mol. The number of aryl methyl sites for hydroxylation is 1. The van der Waals surface area contributed by atoms with Crippen molar-refractivity contribution in [2.45, 2.75) is 38.6 Å². The third-order valence-corrected chi connectivity index (χ3v) is 4.22. The van der Waals surface area contributed by atoms with E-state index in [1.54, 1.807) is 11.0 Å². The number of H-pyrrole nitrogens is 1. The Bertz CT molecular complexity index is 850. The molecule has 108 valence electrons. The first-order valence-corrected chi connectivity index (χ1v) is 7.35. The van der Waals surface area contributed by atoms with Crippen molar-refractivity contribution in [3.63, 3.8) is 0 Å². The summed E-state index contributed by atoms with van der Waals surface area (Å²) < 4.78 is 3.10. The number of benzene rings is 1. The molecule has 1 aliphatic carbocycles. The zero-order valence-electron chi connectivity index (χ0n) is 11.9. The molecule has 0 spiro atoms. The van der Waals surface area contributed by atoms with Crippen molar-refractivity contribution in [1.29, 1.82) is 0 Å². The van der Waals surface area contributed by atoms with E-state index >= 15 is 0 Å². The Hall–Kier alpha value is -2.37. The van der Waals surface area contributed by atoms with Crippen molar-refractivity contribution < 1.29 is 0 Å². The van der Waals surface area contributed by atoms with Crippen molar-refractivity contribution in [3.8, 4) is 5.95 Å². The second-order valence-corrected chi connectivity index (χ2v) is 5.75. The summed E-state index contributed by atoms with van der Waals surface area (Å²) in [6.45, 7) is 2.03. The van der Waals surface area contributed by atoms with Crippen molar-refractivity contribution in [2.75, 3.05) is 0 Å². The summed E-state index contributed by atoms with van der Waals surface area (Å²) in [6, 6.07) is 6.23. The van der Waals surface area contributed by atoms with E-state index in [-0.39, 0.29) is 11.7 Å². The Morgan fingerprint density at radius 2 is 2.10 bits per heavy atom. The molecule has 6 nitrogen and oxygen atoms in total. The van der Waals surface area contributed by atoms with E-state index in [2.05, 4.69) is 15.1 Å². The first-order valence-electron chi connectivity index (χ1n) is 7.35. The predicted octanol–water partition coefficient (Wildman–Crippen LogP) is 2.33. The van der Waals surface area contributed by atoms with Crippen LogP contribution in [0, 0.1) is 6.92 Å². The average molecular weight is 283 g/mol. The molecule has 0 saturated heterocycles. The molecule has 0 amide bonds. The summed E-state index contributed by atoms with van der Waals surface area (Å²) in [7, 11) is 0. The Kier molecular flexibility index (Phi) is 2.70. The number of rotatable bonds is 2. The lowest BCUT2D eigenvalue weighted by Crippen LogP contribution is -2.26. The number of aromatic nitrogens is 5. The maximum Gasteiger partial charge on any atom is 0.353 e. The minimum atomic E-state index is -0.113. The van der Waals surface area contributed by atoms with E-state index in [1.165, 1.54) is 17.4 Å². The molecule has 21 heavy (non-hydrogen) atoms. The van der Waals surface area contributed by atoms with Crippen LogP contribution in [0.3, 0.4) is 0 Å². The monoisotopic (exact) mass is 283 g/mol. The first kappa shape index (κ1) is 12.4. The highest BCUT2D eigenvalue weighted by Gasteiger charge is 2.21. The van der Waals surface area contributed by atoms with Crippen LogP contribution in [0.25, 0.3) is 17.0 Å². The lowest BCUT2D eigenvalue weighted by atomic mass is 10.2. The number of hydrogen-bond donors (Lipinski definition) is 1. The van der Waals surface area contributed by atoms with Gasteiger partial charge in [-0.1, -0.05) is 18.9 Å². The van der Waals surface area contributed by atoms with Crippen LogP contribution >= 0.6 is 0 Å². The van der Waals surface area contributed by atoms with Gasteiger partial charge in [0.2, 0.25) is 5.95 Å². The molecule has 1 saturated carbocycles. The van der Waals surface area contributed by atoms with Gasteiger partial charge in [0.25, 0.3) is 0 Å². The van der Waals surface area contributed by atoms with Crippen molar-refractivity contribution in [1.82, 2.24) is 24.3 Å². The SMILES string of the molecule is Cc1ccc2nc(-n3cnn(C4CCCC4)c3=O)[nH]c2c1. The highest BCUT2D eigenvalue weighted by atomic mass is 16.2. The van der Waals surface area contributed by atoms with Gasteiger partial charge in [0.05, 0.1) is 17.1 Å². The normalized spacial score (nSPS) is 16.0. The van der Waals surface area contributed by atoms with E-state index in [9.17, 15) is 4.79 Å². The fourth-order valence-electron chi connectivity index (χ4n) is 3.09. The Morgan fingerprint density at radius 3 is 2.90 bits per heavy atom. The molecule has 1 fully saturated rings. The van der Waals surface area contributed by atoms with Crippen LogP contribution in [0.1, 0.15) is 37.3 Å². The number of fused-ring (bicyclic) bond motifs is 1. The molecule has 1 aliphatic rings. The number of nitrogens with one attached hydrogen (secondary N) is 1. The molecule has 0 atom stereocenters. The van der Waals surface area contributed by atoms with Gasteiger partial charge in [-0.05, 0) is 37.5 Å². The van der Waals surface area contributed by atoms with Gasteiger partial charge < -0.3 is 4.98 Å². The largest absolute Gasteiger partial charge is 0.353 e. The highest BCUT2D eigenvalue weighted by molar-refractivity contribution is 5.76. The maximum atomic E-state index is 12.5. The molecule has 1 aromatic carbocycles. The van der Waals surface area contributed by atoms with Crippen LogP contribution in [-0.2, 0) is 0 Å². The van der Waals surface area contributed by atoms with Crippen LogP contribution in [0.4, 0.5) is 0 Å². The fraction of sp³-hybridized carbons (Fsp3) is 0.400. The van der Waals surface area contributed by atoms with Gasteiger partial charge >= 0.3 is 5.69 Å². The molecule has 3 aromatic rings. The van der Waals surface area contributed by atoms with Crippen molar-refractivity contribution >= 4 is 11.0 Å². The molecule has 6 heteroatoms. The summed E-state index contributed by atoms with van der Waals surface area (Å²) in [5.74, 6) is 0.532. The number of aromatic amines is 1. The highest BCUT2D eigenvalue weighted by Crippen LogP contribution is 2.27. The van der Waals surface area contributed by atoms with E-state index in [1.807, 2.05) is 25.1 Å². The van der Waals surface area contributed by atoms with Crippen LogP contribution in [0.5, 0.6) is 0 Å². The standard InChI is InChI=1S/C15H17N5O/c1-10-6-7-12-13(8-10)18-14(17-12)19-9-16-20(15(19)21)11-4-2-3-5-11/h6-9,11H,2-5H2,1H3,(H,17,18). The third kappa shape index (κ3) is 1.98. The zero-order valence-corrected chi connectivity index (χ0v) is 11.9. The van der Waals surface area contributed by atoms with Crippen LogP contribution < -0.4 is 5.69 Å². The topological polar surface area (TPSA) is 68.5 Å². The lowest BCUT2D eigenvalue weighted by molar-refractivity contribution is 0.450. The summed E-state index contributed by atoms with van der Waals surface area (Å²) in [4.78, 5) is 20.2. The van der Waals surface area contributed by atoms with Gasteiger partial charge in [-0.2, -0.15) is 5.10 Å². The van der Waals surface area contributed by atoms with E-state index in [4.69, 9.17) is 0 Å². The average Bonchev–Trinajstić information content (AvgIpc) is 3.16. The second-order valence-electron chi connectivity index (χ2n) is 5.75. The van der Waals surface area contributed by atoms with E-state index in [0.717, 1.165) is 29.4 Å². The maximum absolute atomic E-state index is 12.5. The molecule has 0 bridgehead atoms. The van der Waals surface area contributed by atoms with Gasteiger partial charge in [-0.3, -0.25) is 0 Å². The van der Waals surface area contributed by atoms with E-state index in [0.29, 0.717) is 5.95 Å². The summed E-state index contributed by atoms with van der Waals surface area (Å²) in [5.41, 5.74) is 2.84. The smallest absolute Gasteiger partial charge is 0.323 e. The fourth-order valence-corrected chi connectivity index (χ4v) is 3.09. The molecule has 0 radical (unpaired) electrons. The molecular formula is C15H17N5O. The number of imidazole rings is 1. The van der Waals surface area contributed by atoms with Crippen molar-refractivity contribution in [3.05, 3.63) is 40.6 Å². The van der Waals surface area contributed by atoms with Gasteiger partial charge in [-0.15, -0.1) is 0 Å². The molecule has 0 unspecified atom stereocenters. The molecule has 2 aromatic heterocycles. The summed E-state index contributed by atoms with van der Waals surface area (Å²) in [6.07, 6.45) is 5.99. The van der Waals surface area contributed by atoms with E-state index < -0.39 is 0 Å². The molecule has 0 aliphatic heterocycles. The summed E-state index contributed by atoms with van der Waals surface area (Å²) in [5, 5.41) is 4.27. The van der Waals surface area contributed by atoms with Crippen LogP contribution in [-0.4, -0.2) is 24.3 Å². The summed E-state index contributed by atoms with van der Waals surface area (Å²) >= 11 is 0. The Balaban J connectivity index is 1.79. The zero-order chi connectivity index (χ0) is 14.4. The minimum absolute atomic E-state index is 0.113. The molecule has 4 rings (SSSR count). The van der Waals surface area contributed by atoms with Gasteiger partial charge in [-0.25, -0.2) is 19.0 Å². The Morgan fingerprint density at radius 1 is 1.29 bits per heavy atom. The van der Waals surface area contributed by atoms with Crippen molar-refractivity contribution in [2.24, 2.45) is 0 Å². The van der Waals surface area contributed by atoms with Gasteiger partial charge in [0.15, 0.2) is 0 Å². The second kappa shape index (κ2) is 4.58. The number of hydrogen-bond acceptors (Lipinski definition) is 3. The Labute approximate surface area is 121 Å². The van der Waals surface area contributed by atoms with Gasteiger partial charge in [0.1, 0.15) is 6.33 Å². The lowest BCUT2D eigenvalue weighted by Gasteiger charge is -2.06. The molecule has 1 N–H and O–H groups in total. The minimum Gasteiger partial charge on any atom is -0.323 e. The first-order chi connectivity index (χ1) is 10.2. The van der Waals surface area contributed by atoms with Crippen LogP contribution in [0.2, 0.25) is 0 Å².